The number of aromatic nitrogens is 3. The number of pyridine rings is 1. The molecule has 38 heavy (non-hydrogen) atoms. The lowest BCUT2D eigenvalue weighted by molar-refractivity contribution is -0.119. The third kappa shape index (κ3) is 6.75. The van der Waals surface area contributed by atoms with Gasteiger partial charge in [-0.25, -0.2) is 18.4 Å². The van der Waals surface area contributed by atoms with Gasteiger partial charge in [-0.15, -0.1) is 11.3 Å². The van der Waals surface area contributed by atoms with Crippen LogP contribution in [0.2, 0.25) is 0 Å². The fraction of sp³-hybridized carbons (Fsp3) is 0.417. The largest absolute Gasteiger partial charge is 0.382 e. The second-order valence-corrected chi connectivity index (χ2v) is 11.4. The summed E-state index contributed by atoms with van der Waals surface area (Å²) in [6.45, 7) is 2.06. The molecule has 1 fully saturated rings. The van der Waals surface area contributed by atoms with Crippen molar-refractivity contribution in [3.63, 3.8) is 0 Å². The number of thiazole rings is 1. The van der Waals surface area contributed by atoms with Gasteiger partial charge in [0, 0.05) is 37.9 Å². The van der Waals surface area contributed by atoms with E-state index < -0.39 is 41.5 Å². The van der Waals surface area contributed by atoms with Crippen molar-refractivity contribution >= 4 is 44.1 Å². The number of methoxy groups -OCH3 is 1. The molecule has 0 spiro atoms. The van der Waals surface area contributed by atoms with Gasteiger partial charge < -0.3 is 25.0 Å². The molecular weight excluding hydrogens is 532 g/mol. The smallest absolute Gasteiger partial charge is 0.253 e. The number of rotatable bonds is 9. The van der Waals surface area contributed by atoms with Crippen molar-refractivity contribution in [3.8, 4) is 11.4 Å². The first-order valence-corrected chi connectivity index (χ1v) is 14.2. The molecule has 2 amide bonds. The van der Waals surface area contributed by atoms with E-state index in [1.807, 2.05) is 26.0 Å². The molecule has 0 unspecified atom stereocenters. The highest BCUT2D eigenvalue weighted by atomic mass is 32.2. The Morgan fingerprint density at radius 3 is 2.71 bits per heavy atom. The maximum absolute atomic E-state index is 13.2. The first kappa shape index (κ1) is 21.6. The van der Waals surface area contributed by atoms with Crippen molar-refractivity contribution < 1.29 is 34.3 Å². The van der Waals surface area contributed by atoms with E-state index in [1.165, 1.54) is 0 Å². The van der Waals surface area contributed by atoms with Gasteiger partial charge in [-0.1, -0.05) is 6.07 Å². The minimum atomic E-state index is -3.72. The highest BCUT2D eigenvalue weighted by Gasteiger charge is 2.25. The Labute approximate surface area is 232 Å². The summed E-state index contributed by atoms with van der Waals surface area (Å²) in [4.78, 5) is 37.3. The second-order valence-electron chi connectivity index (χ2n) is 8.69. The van der Waals surface area contributed by atoms with Crippen molar-refractivity contribution in [2.75, 3.05) is 43.2 Å². The molecule has 4 heterocycles. The zero-order valence-corrected chi connectivity index (χ0v) is 22.4. The number of morpholine rings is 1. The first-order valence-electron chi connectivity index (χ1n) is 13.9. The summed E-state index contributed by atoms with van der Waals surface area (Å²) in [5, 5.41) is 6.15. The van der Waals surface area contributed by atoms with E-state index in [1.54, 1.807) is 11.4 Å². The molecule has 4 rings (SSSR count). The monoisotopic (exact) mass is 567 g/mol. The Kier molecular flexibility index (Phi) is 6.59. The Morgan fingerprint density at radius 2 is 2.03 bits per heavy atom. The van der Waals surface area contributed by atoms with Crippen LogP contribution >= 0.6 is 11.3 Å². The van der Waals surface area contributed by atoms with Crippen LogP contribution in [0.4, 0.5) is 10.9 Å². The lowest BCUT2D eigenvalue weighted by Crippen LogP contribution is -2.46. The average Bonchev–Trinajstić information content (AvgIpc) is 3.55. The number of nitrogens with one attached hydrogen (secondary N) is 2. The molecule has 3 atom stereocenters. The fourth-order valence-electron chi connectivity index (χ4n) is 3.87. The SMILES string of the molecule is [2H]C([2H])([2H])OC([2H])([2H])[C@H](NC(=O)c1ccn(S(C)(=O)=O)c1)C(=O)Nc1nc(-c2cccc(N3C[C@@H](C)O[C@@H](C)C3)n2)cs1. The number of hydrogen-bond donors (Lipinski definition) is 2. The van der Waals surface area contributed by atoms with Gasteiger partial charge >= 0.3 is 0 Å². The Bertz CT molecular complexity index is 1580. The summed E-state index contributed by atoms with van der Waals surface area (Å²) < 4.78 is 72.8. The molecule has 1 aliphatic heterocycles. The van der Waals surface area contributed by atoms with E-state index >= 15 is 0 Å². The molecule has 3 aromatic rings. The molecule has 1 aliphatic rings. The van der Waals surface area contributed by atoms with Crippen LogP contribution < -0.4 is 15.5 Å². The number of nitrogens with zero attached hydrogens (tertiary/aromatic N) is 4. The zero-order chi connectivity index (χ0) is 31.7. The first-order chi connectivity index (χ1) is 19.9. The molecule has 3 aromatic heterocycles. The highest BCUT2D eigenvalue weighted by molar-refractivity contribution is 7.89. The van der Waals surface area contributed by atoms with Crippen LogP contribution in [0.5, 0.6) is 0 Å². The van der Waals surface area contributed by atoms with E-state index in [4.69, 9.17) is 16.6 Å². The van der Waals surface area contributed by atoms with Crippen LogP contribution in [-0.2, 0) is 24.3 Å². The molecule has 204 valence electrons. The maximum Gasteiger partial charge on any atom is 0.253 e. The van der Waals surface area contributed by atoms with Crippen molar-refractivity contribution in [3.05, 3.63) is 47.6 Å². The molecule has 0 radical (unpaired) electrons. The Morgan fingerprint density at radius 1 is 1.26 bits per heavy atom. The van der Waals surface area contributed by atoms with Gasteiger partial charge in [0.1, 0.15) is 17.6 Å². The van der Waals surface area contributed by atoms with Crippen LogP contribution in [-0.4, -0.2) is 85.4 Å². The molecule has 1 saturated heterocycles. The standard InChI is InChI=1S/C24H30N6O6S2/c1-15-10-29(11-16(2)36-15)21-7-5-6-18(25-21)20-14-37-24(27-20)28-23(32)19(13-35-3)26-22(31)17-8-9-30(12-17)38(4,33)34/h5-9,12,14-16,19H,10-11,13H2,1-4H3,(H,26,31)(H,27,28,32)/t15-,16+,19-/m0/s1/i3D3,13D2. The minimum Gasteiger partial charge on any atom is -0.382 e. The minimum absolute atomic E-state index is 0.0213. The quantitative estimate of drug-likeness (QED) is 0.395. The van der Waals surface area contributed by atoms with Gasteiger partial charge in [0.25, 0.3) is 11.8 Å². The van der Waals surface area contributed by atoms with E-state index in [9.17, 15) is 18.0 Å². The third-order valence-electron chi connectivity index (χ3n) is 5.50. The van der Waals surface area contributed by atoms with Gasteiger partial charge in [-0.2, -0.15) is 0 Å². The number of anilines is 2. The van der Waals surface area contributed by atoms with E-state index in [0.29, 0.717) is 24.5 Å². The number of carbonyl (C=O) groups excluding carboxylic acids is 2. The molecular formula is C24H30N6O6S2. The number of amides is 2. The maximum atomic E-state index is 13.2. The van der Waals surface area contributed by atoms with Gasteiger partial charge in [-0.3, -0.25) is 13.6 Å². The molecule has 0 bridgehead atoms. The van der Waals surface area contributed by atoms with Crippen molar-refractivity contribution in [2.24, 2.45) is 0 Å². The molecule has 14 heteroatoms. The van der Waals surface area contributed by atoms with Crippen LogP contribution in [0, 0.1) is 0 Å². The molecule has 0 saturated carbocycles. The highest BCUT2D eigenvalue weighted by Crippen LogP contribution is 2.26. The topological polar surface area (TPSA) is 145 Å². The van der Waals surface area contributed by atoms with Crippen molar-refractivity contribution in [1.82, 2.24) is 19.3 Å². The summed E-state index contributed by atoms with van der Waals surface area (Å²) in [5.41, 5.74) is 0.711. The average molecular weight is 568 g/mol. The van der Waals surface area contributed by atoms with Crippen molar-refractivity contribution in [2.45, 2.75) is 32.1 Å². The van der Waals surface area contributed by atoms with Gasteiger partial charge in [-0.05, 0) is 32.0 Å². The molecule has 2 N–H and O–H groups in total. The number of hydrogen-bond acceptors (Lipinski definition) is 10. The van der Waals surface area contributed by atoms with Crippen molar-refractivity contribution in [1.29, 1.82) is 0 Å². The van der Waals surface area contributed by atoms with Crippen LogP contribution in [0.15, 0.2) is 42.0 Å². The Balaban J connectivity index is 1.54. The fourth-order valence-corrected chi connectivity index (χ4v) is 5.17. The summed E-state index contributed by atoms with van der Waals surface area (Å²) in [7, 11) is -6.98. The predicted octanol–water partition coefficient (Wildman–Crippen LogP) is 1.81. The van der Waals surface area contributed by atoms with Gasteiger partial charge in [0.2, 0.25) is 10.0 Å². The van der Waals surface area contributed by atoms with Gasteiger partial charge in [0.05, 0.1) is 43.1 Å². The second kappa shape index (κ2) is 11.6. The van der Waals surface area contributed by atoms with E-state index in [0.717, 1.165) is 45.8 Å². The van der Waals surface area contributed by atoms with Crippen LogP contribution in [0.25, 0.3) is 11.4 Å². The van der Waals surface area contributed by atoms with E-state index in [2.05, 4.69) is 25.3 Å². The van der Waals surface area contributed by atoms with Crippen LogP contribution in [0.1, 0.15) is 31.1 Å². The molecule has 0 aliphatic carbocycles. The van der Waals surface area contributed by atoms with Crippen LogP contribution in [0.3, 0.4) is 0 Å². The van der Waals surface area contributed by atoms with E-state index in [-0.39, 0.29) is 22.9 Å². The lowest BCUT2D eigenvalue weighted by atomic mass is 10.2. The normalized spacial score (nSPS) is 21.3. The number of carbonyl (C=O) groups is 2. The zero-order valence-electron chi connectivity index (χ0n) is 25.7. The Hall–Kier alpha value is -3.33. The number of ether oxygens (including phenoxy) is 2. The lowest BCUT2D eigenvalue weighted by Gasteiger charge is -2.36. The summed E-state index contributed by atoms with van der Waals surface area (Å²) in [6.07, 6.45) is 3.02. The molecule has 0 aromatic carbocycles. The summed E-state index contributed by atoms with van der Waals surface area (Å²) >= 11 is 1.00. The summed E-state index contributed by atoms with van der Waals surface area (Å²) in [5.74, 6) is -1.49. The summed E-state index contributed by atoms with van der Waals surface area (Å²) in [6, 6.07) is 4.39. The molecule has 12 nitrogen and oxygen atoms in total. The van der Waals surface area contributed by atoms with Gasteiger partial charge in [0.15, 0.2) is 5.13 Å². The predicted molar refractivity (Wildman–Crippen MR) is 144 cm³/mol. The third-order valence-corrected chi connectivity index (χ3v) is 7.25.